The molecule has 0 radical (unpaired) electrons. The molecule has 0 unspecified atom stereocenters. The van der Waals surface area contributed by atoms with Crippen LogP contribution in [0.4, 0.5) is 0 Å². The summed E-state index contributed by atoms with van der Waals surface area (Å²) in [4.78, 5) is 15.3. The summed E-state index contributed by atoms with van der Waals surface area (Å²) in [6.07, 6.45) is 4.13. The molecular weight excluding hydrogens is 192 g/mol. The van der Waals surface area contributed by atoms with E-state index in [-0.39, 0.29) is 5.78 Å². The highest BCUT2D eigenvalue weighted by Crippen LogP contribution is 2.24. The van der Waals surface area contributed by atoms with Crippen molar-refractivity contribution in [3.8, 4) is 0 Å². The van der Waals surface area contributed by atoms with Crippen LogP contribution in [-0.4, -0.2) is 23.9 Å². The maximum atomic E-state index is 10.9. The molecule has 1 aromatic heterocycles. The van der Waals surface area contributed by atoms with Gasteiger partial charge in [-0.25, -0.2) is 4.98 Å². The highest BCUT2D eigenvalue weighted by atomic mass is 16.3. The summed E-state index contributed by atoms with van der Waals surface area (Å²) in [7, 11) is 0. The molecule has 0 aromatic carbocycles. The van der Waals surface area contributed by atoms with E-state index >= 15 is 0 Å². The zero-order valence-electron chi connectivity index (χ0n) is 8.95. The first-order chi connectivity index (χ1) is 7.25. The first-order valence-electron chi connectivity index (χ1n) is 5.40. The molecule has 1 aliphatic heterocycles. The number of hydrogen-bond acceptors (Lipinski definition) is 4. The average Bonchev–Trinajstić information content (AvgIpc) is 2.67. The lowest BCUT2D eigenvalue weighted by Crippen LogP contribution is -2.26. The minimum absolute atomic E-state index is 0.125. The average molecular weight is 208 g/mol. The predicted molar refractivity (Wildman–Crippen MR) is 55.7 cm³/mol. The molecule has 82 valence electrons. The summed E-state index contributed by atoms with van der Waals surface area (Å²) in [6, 6.07) is 0. The third kappa shape index (κ3) is 2.65. The number of nitrogens with zero attached hydrogens (tertiary/aromatic N) is 1. The third-order valence-electron chi connectivity index (χ3n) is 2.69. The van der Waals surface area contributed by atoms with Crippen LogP contribution in [0.25, 0.3) is 0 Å². The van der Waals surface area contributed by atoms with Crippen LogP contribution >= 0.6 is 0 Å². The van der Waals surface area contributed by atoms with Gasteiger partial charge in [-0.05, 0) is 32.9 Å². The minimum atomic E-state index is 0.125. The van der Waals surface area contributed by atoms with Gasteiger partial charge in [0.2, 0.25) is 0 Å². The van der Waals surface area contributed by atoms with E-state index in [9.17, 15) is 4.79 Å². The summed E-state index contributed by atoms with van der Waals surface area (Å²) in [5.74, 6) is 1.35. The number of carbonyl (C=O) groups is 1. The summed E-state index contributed by atoms with van der Waals surface area (Å²) < 4.78 is 5.41. The Hall–Kier alpha value is -1.16. The van der Waals surface area contributed by atoms with Gasteiger partial charge in [0.25, 0.3) is 0 Å². The van der Waals surface area contributed by atoms with Crippen molar-refractivity contribution in [2.24, 2.45) is 0 Å². The number of oxazole rings is 1. The first-order valence-corrected chi connectivity index (χ1v) is 5.40. The van der Waals surface area contributed by atoms with Gasteiger partial charge in [-0.15, -0.1) is 0 Å². The van der Waals surface area contributed by atoms with Gasteiger partial charge in [0.1, 0.15) is 12.0 Å². The lowest BCUT2D eigenvalue weighted by atomic mass is 9.98. The van der Waals surface area contributed by atoms with Crippen molar-refractivity contribution >= 4 is 5.78 Å². The van der Waals surface area contributed by atoms with E-state index < -0.39 is 0 Å². The molecule has 1 N–H and O–H groups in total. The fraction of sp³-hybridized carbons (Fsp3) is 0.636. The first kappa shape index (κ1) is 10.4. The minimum Gasteiger partial charge on any atom is -0.448 e. The predicted octanol–water partition coefficient (Wildman–Crippen LogP) is 1.27. The molecule has 1 aromatic rings. The second-order valence-electron chi connectivity index (χ2n) is 4.08. The number of nitrogens with one attached hydrogen (secondary N) is 1. The van der Waals surface area contributed by atoms with Crippen molar-refractivity contribution in [3.05, 3.63) is 17.8 Å². The van der Waals surface area contributed by atoms with Crippen molar-refractivity contribution in [1.82, 2.24) is 10.3 Å². The Bertz CT molecular complexity index is 340. The van der Waals surface area contributed by atoms with Crippen LogP contribution in [0, 0.1) is 0 Å². The fourth-order valence-electron chi connectivity index (χ4n) is 1.92. The number of piperidine rings is 1. The second-order valence-corrected chi connectivity index (χ2v) is 4.08. The molecule has 4 nitrogen and oxygen atoms in total. The Balaban J connectivity index is 2.02. The van der Waals surface area contributed by atoms with Gasteiger partial charge in [-0.3, -0.25) is 4.79 Å². The molecule has 15 heavy (non-hydrogen) atoms. The van der Waals surface area contributed by atoms with Crippen LogP contribution < -0.4 is 5.32 Å². The van der Waals surface area contributed by atoms with Gasteiger partial charge in [0.15, 0.2) is 5.89 Å². The van der Waals surface area contributed by atoms with E-state index in [4.69, 9.17) is 4.42 Å². The molecule has 0 atom stereocenters. The molecule has 2 rings (SSSR count). The van der Waals surface area contributed by atoms with Crippen LogP contribution in [0.15, 0.2) is 10.7 Å². The molecule has 0 aliphatic carbocycles. The number of Topliss-reactive ketones (excluding diaryl/α,β-unsaturated/α-hetero) is 1. The molecule has 1 aliphatic rings. The zero-order chi connectivity index (χ0) is 10.7. The molecular formula is C11H16N2O2. The van der Waals surface area contributed by atoms with Crippen LogP contribution in [0.3, 0.4) is 0 Å². The maximum absolute atomic E-state index is 10.9. The summed E-state index contributed by atoms with van der Waals surface area (Å²) in [6.45, 7) is 3.61. The quantitative estimate of drug-likeness (QED) is 0.812. The Kier molecular flexibility index (Phi) is 3.16. The highest BCUT2D eigenvalue weighted by Gasteiger charge is 2.20. The maximum Gasteiger partial charge on any atom is 0.197 e. The molecule has 0 saturated carbocycles. The molecule has 0 bridgehead atoms. The van der Waals surface area contributed by atoms with Gasteiger partial charge >= 0.3 is 0 Å². The van der Waals surface area contributed by atoms with Gasteiger partial charge in [0.05, 0.1) is 12.1 Å². The Morgan fingerprint density at radius 2 is 2.33 bits per heavy atom. The van der Waals surface area contributed by atoms with Gasteiger partial charge in [0, 0.05) is 5.92 Å². The number of rotatable bonds is 3. The molecule has 1 saturated heterocycles. The Morgan fingerprint density at radius 3 is 3.00 bits per heavy atom. The van der Waals surface area contributed by atoms with E-state index in [0.29, 0.717) is 12.3 Å². The zero-order valence-corrected chi connectivity index (χ0v) is 8.95. The highest BCUT2D eigenvalue weighted by molar-refractivity contribution is 5.77. The van der Waals surface area contributed by atoms with E-state index in [2.05, 4.69) is 10.3 Å². The Labute approximate surface area is 89.1 Å². The van der Waals surface area contributed by atoms with E-state index in [1.165, 1.54) is 0 Å². The standard InChI is InChI=1S/C11H16N2O2/c1-8(14)6-10-7-15-11(13-10)9-2-4-12-5-3-9/h7,9,12H,2-6H2,1H3. The molecule has 2 heterocycles. The van der Waals surface area contributed by atoms with Gasteiger partial charge < -0.3 is 9.73 Å². The van der Waals surface area contributed by atoms with Gasteiger partial charge in [-0.1, -0.05) is 0 Å². The van der Waals surface area contributed by atoms with E-state index in [0.717, 1.165) is 37.5 Å². The van der Waals surface area contributed by atoms with Crippen LogP contribution in [0.1, 0.15) is 37.3 Å². The SMILES string of the molecule is CC(=O)Cc1coc(C2CCNCC2)n1. The number of ketones is 1. The van der Waals surface area contributed by atoms with Crippen LogP contribution in [0.2, 0.25) is 0 Å². The van der Waals surface area contributed by atoms with Gasteiger partial charge in [-0.2, -0.15) is 0 Å². The lowest BCUT2D eigenvalue weighted by Gasteiger charge is -2.19. The second kappa shape index (κ2) is 4.57. The van der Waals surface area contributed by atoms with Crippen LogP contribution in [-0.2, 0) is 11.2 Å². The van der Waals surface area contributed by atoms with E-state index in [1.807, 2.05) is 0 Å². The number of hydrogen-bond donors (Lipinski definition) is 1. The summed E-state index contributed by atoms with van der Waals surface area (Å²) in [5.41, 5.74) is 0.760. The number of carbonyl (C=O) groups excluding carboxylic acids is 1. The van der Waals surface area contributed by atoms with Crippen molar-refractivity contribution in [2.45, 2.75) is 32.1 Å². The van der Waals surface area contributed by atoms with Crippen LogP contribution in [0.5, 0.6) is 0 Å². The number of aromatic nitrogens is 1. The summed E-state index contributed by atoms with van der Waals surface area (Å²) >= 11 is 0. The van der Waals surface area contributed by atoms with Crippen molar-refractivity contribution in [1.29, 1.82) is 0 Å². The fourth-order valence-corrected chi connectivity index (χ4v) is 1.92. The molecule has 4 heteroatoms. The summed E-state index contributed by atoms with van der Waals surface area (Å²) in [5, 5.41) is 3.30. The van der Waals surface area contributed by atoms with E-state index in [1.54, 1.807) is 13.2 Å². The molecule has 1 fully saturated rings. The van der Waals surface area contributed by atoms with Crippen molar-refractivity contribution < 1.29 is 9.21 Å². The molecule has 0 amide bonds. The smallest absolute Gasteiger partial charge is 0.197 e. The normalized spacial score (nSPS) is 17.9. The van der Waals surface area contributed by atoms with Crippen molar-refractivity contribution in [3.63, 3.8) is 0 Å². The van der Waals surface area contributed by atoms with Crippen molar-refractivity contribution in [2.75, 3.05) is 13.1 Å². The Morgan fingerprint density at radius 1 is 1.60 bits per heavy atom. The largest absolute Gasteiger partial charge is 0.448 e. The topological polar surface area (TPSA) is 55.1 Å². The monoisotopic (exact) mass is 208 g/mol. The molecule has 0 spiro atoms. The lowest BCUT2D eigenvalue weighted by molar-refractivity contribution is -0.116. The third-order valence-corrected chi connectivity index (χ3v) is 2.69.